The summed E-state index contributed by atoms with van der Waals surface area (Å²) in [6.45, 7) is 2.56. The monoisotopic (exact) mass is 283 g/mol. The second-order valence-corrected chi connectivity index (χ2v) is 4.42. The van der Waals surface area contributed by atoms with E-state index in [9.17, 15) is 4.39 Å². The molecule has 0 amide bonds. The maximum atomic E-state index is 13.3. The fourth-order valence-corrected chi connectivity index (χ4v) is 1.89. The number of aryl methyl sites for hydroxylation is 1. The molecule has 0 saturated heterocycles. The number of halogens is 2. The quantitative estimate of drug-likeness (QED) is 0.917. The molecule has 0 aliphatic heterocycles. The number of hydrogen-bond donors (Lipinski definition) is 1. The Morgan fingerprint density at radius 2 is 2.25 bits per heavy atom. The lowest BCUT2D eigenvalue weighted by atomic mass is 10.2. The third kappa shape index (κ3) is 2.44. The van der Waals surface area contributed by atoms with Crippen LogP contribution in [-0.4, -0.2) is 0 Å². The van der Waals surface area contributed by atoms with Gasteiger partial charge in [0, 0.05) is 17.8 Å². The molecule has 0 spiro atoms. The summed E-state index contributed by atoms with van der Waals surface area (Å²) in [5.41, 5.74) is 2.82. The smallest absolute Gasteiger partial charge is 0.139 e. The Morgan fingerprint density at radius 1 is 1.44 bits per heavy atom. The average molecular weight is 284 g/mol. The van der Waals surface area contributed by atoms with Crippen molar-refractivity contribution >= 4 is 21.6 Å². The SMILES string of the molecule is Cc1cc(Br)c(F)cc1NCc1ccoc1. The Hall–Kier alpha value is -1.29. The molecule has 1 aromatic carbocycles. The standard InChI is InChI=1S/C12H11BrFNO/c1-8-4-10(13)11(14)5-12(8)15-6-9-2-3-16-7-9/h2-5,7,15H,6H2,1H3. The Labute approximate surface area is 102 Å². The fraction of sp³-hybridized carbons (Fsp3) is 0.167. The molecule has 84 valence electrons. The van der Waals surface area contributed by atoms with Gasteiger partial charge in [-0.15, -0.1) is 0 Å². The summed E-state index contributed by atoms with van der Waals surface area (Å²) in [6, 6.07) is 5.12. The van der Waals surface area contributed by atoms with Crippen LogP contribution in [0.1, 0.15) is 11.1 Å². The van der Waals surface area contributed by atoms with Gasteiger partial charge in [0.25, 0.3) is 0 Å². The highest BCUT2D eigenvalue weighted by atomic mass is 79.9. The highest BCUT2D eigenvalue weighted by Gasteiger charge is 2.05. The van der Waals surface area contributed by atoms with Crippen molar-refractivity contribution in [3.63, 3.8) is 0 Å². The Balaban J connectivity index is 2.12. The van der Waals surface area contributed by atoms with E-state index in [0.29, 0.717) is 11.0 Å². The van der Waals surface area contributed by atoms with Crippen LogP contribution in [-0.2, 0) is 6.54 Å². The van der Waals surface area contributed by atoms with E-state index in [-0.39, 0.29) is 5.82 Å². The van der Waals surface area contributed by atoms with Crippen molar-refractivity contribution in [2.24, 2.45) is 0 Å². The molecule has 0 unspecified atom stereocenters. The summed E-state index contributed by atoms with van der Waals surface area (Å²) < 4.78 is 18.8. The summed E-state index contributed by atoms with van der Waals surface area (Å²) in [7, 11) is 0. The second-order valence-electron chi connectivity index (χ2n) is 3.57. The van der Waals surface area contributed by atoms with Crippen molar-refractivity contribution in [1.82, 2.24) is 0 Å². The number of rotatable bonds is 3. The van der Waals surface area contributed by atoms with Crippen LogP contribution in [0.25, 0.3) is 0 Å². The number of hydrogen-bond acceptors (Lipinski definition) is 2. The molecule has 2 nitrogen and oxygen atoms in total. The van der Waals surface area contributed by atoms with E-state index in [2.05, 4.69) is 21.2 Å². The van der Waals surface area contributed by atoms with Crippen molar-refractivity contribution in [3.8, 4) is 0 Å². The Kier molecular flexibility index (Phi) is 3.29. The molecule has 1 heterocycles. The van der Waals surface area contributed by atoms with Gasteiger partial charge in [-0.3, -0.25) is 0 Å². The van der Waals surface area contributed by atoms with Crippen LogP contribution in [0.2, 0.25) is 0 Å². The van der Waals surface area contributed by atoms with Crippen LogP contribution in [0.15, 0.2) is 39.6 Å². The van der Waals surface area contributed by atoms with Crippen molar-refractivity contribution in [2.45, 2.75) is 13.5 Å². The predicted octanol–water partition coefficient (Wildman–Crippen LogP) is 4.10. The summed E-state index contributed by atoms with van der Waals surface area (Å²) in [5, 5.41) is 3.16. The van der Waals surface area contributed by atoms with E-state index >= 15 is 0 Å². The Morgan fingerprint density at radius 3 is 2.94 bits per heavy atom. The van der Waals surface area contributed by atoms with E-state index in [4.69, 9.17) is 4.42 Å². The molecule has 1 aromatic heterocycles. The number of furan rings is 1. The summed E-state index contributed by atoms with van der Waals surface area (Å²) in [5.74, 6) is -0.264. The minimum Gasteiger partial charge on any atom is -0.472 e. The maximum absolute atomic E-state index is 13.3. The fourth-order valence-electron chi connectivity index (χ4n) is 1.43. The molecule has 2 rings (SSSR count). The first-order valence-electron chi connectivity index (χ1n) is 4.87. The third-order valence-electron chi connectivity index (χ3n) is 2.33. The van der Waals surface area contributed by atoms with Gasteiger partial charge in [-0.25, -0.2) is 4.39 Å². The van der Waals surface area contributed by atoms with Crippen LogP contribution >= 0.6 is 15.9 Å². The van der Waals surface area contributed by atoms with E-state index < -0.39 is 0 Å². The number of anilines is 1. The highest BCUT2D eigenvalue weighted by Crippen LogP contribution is 2.24. The Bertz CT molecular complexity index is 482. The first-order chi connectivity index (χ1) is 7.66. The molecule has 1 N–H and O–H groups in total. The molecule has 0 aliphatic carbocycles. The van der Waals surface area contributed by atoms with Gasteiger partial charge in [-0.1, -0.05) is 0 Å². The lowest BCUT2D eigenvalue weighted by molar-refractivity contribution is 0.564. The molecule has 0 aliphatic rings. The van der Waals surface area contributed by atoms with Gasteiger partial charge in [0.15, 0.2) is 0 Å². The van der Waals surface area contributed by atoms with Gasteiger partial charge in [0.05, 0.1) is 17.0 Å². The first-order valence-corrected chi connectivity index (χ1v) is 5.66. The summed E-state index contributed by atoms with van der Waals surface area (Å²) >= 11 is 3.15. The van der Waals surface area contributed by atoms with Crippen molar-refractivity contribution in [1.29, 1.82) is 0 Å². The van der Waals surface area contributed by atoms with Crippen LogP contribution in [0.4, 0.5) is 10.1 Å². The van der Waals surface area contributed by atoms with E-state index in [0.717, 1.165) is 16.8 Å². The van der Waals surface area contributed by atoms with E-state index in [1.807, 2.05) is 13.0 Å². The highest BCUT2D eigenvalue weighted by molar-refractivity contribution is 9.10. The van der Waals surface area contributed by atoms with Gasteiger partial charge >= 0.3 is 0 Å². The minimum absolute atomic E-state index is 0.264. The minimum atomic E-state index is -0.264. The van der Waals surface area contributed by atoms with E-state index in [1.165, 1.54) is 6.07 Å². The number of benzene rings is 1. The van der Waals surface area contributed by atoms with Gasteiger partial charge in [0.1, 0.15) is 5.82 Å². The third-order valence-corrected chi connectivity index (χ3v) is 2.94. The molecule has 0 saturated carbocycles. The zero-order chi connectivity index (χ0) is 11.5. The molecule has 0 fully saturated rings. The lowest BCUT2D eigenvalue weighted by Crippen LogP contribution is -2.00. The molecular formula is C12H11BrFNO. The molecule has 0 radical (unpaired) electrons. The number of nitrogens with one attached hydrogen (secondary N) is 1. The van der Waals surface area contributed by atoms with Crippen LogP contribution in [0, 0.1) is 12.7 Å². The predicted molar refractivity (Wildman–Crippen MR) is 64.9 cm³/mol. The van der Waals surface area contributed by atoms with Crippen molar-refractivity contribution < 1.29 is 8.81 Å². The molecule has 2 aromatic rings. The van der Waals surface area contributed by atoms with Crippen molar-refractivity contribution in [3.05, 3.63) is 52.1 Å². The largest absolute Gasteiger partial charge is 0.472 e. The topological polar surface area (TPSA) is 25.2 Å². The summed E-state index contributed by atoms with van der Waals surface area (Å²) in [6.07, 6.45) is 3.28. The zero-order valence-corrected chi connectivity index (χ0v) is 10.3. The van der Waals surface area contributed by atoms with Gasteiger partial charge < -0.3 is 9.73 Å². The molecule has 16 heavy (non-hydrogen) atoms. The first kappa shape index (κ1) is 11.2. The van der Waals surface area contributed by atoms with Crippen LogP contribution < -0.4 is 5.32 Å². The van der Waals surface area contributed by atoms with Crippen LogP contribution in [0.5, 0.6) is 0 Å². The van der Waals surface area contributed by atoms with Gasteiger partial charge in [0.2, 0.25) is 0 Å². The molecule has 4 heteroatoms. The normalized spacial score (nSPS) is 10.4. The molecular weight excluding hydrogens is 273 g/mol. The maximum Gasteiger partial charge on any atom is 0.139 e. The second kappa shape index (κ2) is 4.70. The average Bonchev–Trinajstić information content (AvgIpc) is 2.74. The van der Waals surface area contributed by atoms with Crippen molar-refractivity contribution in [2.75, 3.05) is 5.32 Å². The van der Waals surface area contributed by atoms with Crippen LogP contribution in [0.3, 0.4) is 0 Å². The summed E-state index contributed by atoms with van der Waals surface area (Å²) in [4.78, 5) is 0. The van der Waals surface area contributed by atoms with Gasteiger partial charge in [-0.2, -0.15) is 0 Å². The zero-order valence-electron chi connectivity index (χ0n) is 8.76. The molecule has 0 atom stereocenters. The van der Waals surface area contributed by atoms with Gasteiger partial charge in [-0.05, 0) is 46.6 Å². The lowest BCUT2D eigenvalue weighted by Gasteiger charge is -2.09. The van der Waals surface area contributed by atoms with E-state index in [1.54, 1.807) is 18.6 Å². The molecule has 0 bridgehead atoms.